The summed E-state index contributed by atoms with van der Waals surface area (Å²) in [5, 5.41) is 0. The molecule has 0 saturated heterocycles. The number of unbranched alkanes of at least 4 members (excludes halogenated alkanes) is 1. The van der Waals surface area contributed by atoms with E-state index in [1.165, 1.54) is 37.2 Å². The third-order valence-electron chi connectivity index (χ3n) is 3.62. The highest BCUT2D eigenvalue weighted by molar-refractivity contribution is 5.33. The standard InChI is InChI=1S/C8H12N2O2.C6H8N2O2.C6H13/c1-8(5-10-7-12)3-2-4-9-6-11;9-5-7-3-1-2-4-8-6-10;1-4-6(3)5-2/h8H,2-5H2,1H3;1-4H2;4-5H2,1-3H3. The van der Waals surface area contributed by atoms with E-state index < -0.39 is 0 Å². The zero-order chi connectivity index (χ0) is 21.9. The van der Waals surface area contributed by atoms with Crippen LogP contribution in [0.1, 0.15) is 66.2 Å². The van der Waals surface area contributed by atoms with Gasteiger partial charge in [-0.25, -0.2) is 39.1 Å². The summed E-state index contributed by atoms with van der Waals surface area (Å²) in [6.45, 7) is 10.5. The van der Waals surface area contributed by atoms with Crippen LogP contribution in [0, 0.1) is 11.8 Å². The molecule has 0 amide bonds. The monoisotopic (exact) mass is 393 g/mol. The Bertz CT molecular complexity index is 504. The lowest BCUT2D eigenvalue weighted by Crippen LogP contribution is -1.99. The van der Waals surface area contributed by atoms with Crippen molar-refractivity contribution >= 4 is 24.3 Å². The van der Waals surface area contributed by atoms with E-state index in [2.05, 4.69) is 40.7 Å². The van der Waals surface area contributed by atoms with Gasteiger partial charge in [-0.2, -0.15) is 0 Å². The molecule has 0 bridgehead atoms. The number of nitrogens with zero attached hydrogens (tertiary/aromatic N) is 4. The molecule has 157 valence electrons. The van der Waals surface area contributed by atoms with E-state index in [0.29, 0.717) is 32.1 Å². The summed E-state index contributed by atoms with van der Waals surface area (Å²) < 4.78 is 0. The summed E-state index contributed by atoms with van der Waals surface area (Å²) in [4.78, 5) is 51.9. The third kappa shape index (κ3) is 34.8. The van der Waals surface area contributed by atoms with Crippen LogP contribution in [0.4, 0.5) is 0 Å². The minimum absolute atomic E-state index is 0.355. The Morgan fingerprint density at radius 3 is 1.43 bits per heavy atom. The molecule has 0 fully saturated rings. The normalized spacial score (nSPS) is 9.61. The molecular formula is C20H33N4O4. The Balaban J connectivity index is -0.000000354. The SMILES string of the molecule is CC(CCCN=C=O)CN=C=O.CC[C](C)CC.O=C=NCCCCN=C=O. The van der Waals surface area contributed by atoms with Crippen LogP contribution in [0.2, 0.25) is 0 Å². The molecular weight excluding hydrogens is 360 g/mol. The van der Waals surface area contributed by atoms with Crippen molar-refractivity contribution in [3.8, 4) is 0 Å². The van der Waals surface area contributed by atoms with Crippen molar-refractivity contribution in [1.82, 2.24) is 0 Å². The Kier molecular flexibility index (Phi) is 31.6. The molecule has 8 nitrogen and oxygen atoms in total. The molecule has 0 rings (SSSR count). The fraction of sp³-hybridized carbons (Fsp3) is 0.750. The van der Waals surface area contributed by atoms with Crippen LogP contribution >= 0.6 is 0 Å². The number of aliphatic imine (C=N–C) groups is 4. The minimum Gasteiger partial charge on any atom is -0.211 e. The van der Waals surface area contributed by atoms with Gasteiger partial charge in [-0.05, 0) is 37.5 Å². The van der Waals surface area contributed by atoms with Crippen LogP contribution in [0.25, 0.3) is 0 Å². The molecule has 28 heavy (non-hydrogen) atoms. The van der Waals surface area contributed by atoms with Gasteiger partial charge in [0.15, 0.2) is 0 Å². The molecule has 0 spiro atoms. The maximum absolute atomic E-state index is 9.72. The summed E-state index contributed by atoms with van der Waals surface area (Å²) in [7, 11) is 0. The summed E-state index contributed by atoms with van der Waals surface area (Å²) >= 11 is 0. The first-order valence-corrected chi connectivity index (χ1v) is 9.49. The summed E-state index contributed by atoms with van der Waals surface area (Å²) in [5.74, 6) is 1.95. The van der Waals surface area contributed by atoms with Gasteiger partial charge >= 0.3 is 0 Å². The van der Waals surface area contributed by atoms with Crippen molar-refractivity contribution in [3.05, 3.63) is 5.92 Å². The van der Waals surface area contributed by atoms with E-state index in [1.54, 1.807) is 5.92 Å². The molecule has 0 aliphatic rings. The first-order chi connectivity index (χ1) is 13.5. The van der Waals surface area contributed by atoms with Gasteiger partial charge in [-0.3, -0.25) is 0 Å². The quantitative estimate of drug-likeness (QED) is 0.268. The molecule has 0 saturated carbocycles. The lowest BCUT2D eigenvalue weighted by molar-refractivity contribution is 0.516. The molecule has 0 aromatic carbocycles. The Hall–Kier alpha value is -2.48. The highest BCUT2D eigenvalue weighted by Gasteiger charge is 1.99. The van der Waals surface area contributed by atoms with E-state index >= 15 is 0 Å². The number of hydrogen-bond acceptors (Lipinski definition) is 8. The molecule has 0 aliphatic carbocycles. The molecule has 0 aliphatic heterocycles. The topological polar surface area (TPSA) is 118 Å². The van der Waals surface area contributed by atoms with Crippen molar-refractivity contribution in [2.45, 2.75) is 66.2 Å². The van der Waals surface area contributed by atoms with Crippen molar-refractivity contribution in [3.63, 3.8) is 0 Å². The molecule has 8 heteroatoms. The lowest BCUT2D eigenvalue weighted by Gasteiger charge is -2.03. The Morgan fingerprint density at radius 1 is 0.714 bits per heavy atom. The second kappa shape index (κ2) is 29.3. The first-order valence-electron chi connectivity index (χ1n) is 9.49. The van der Waals surface area contributed by atoms with Gasteiger partial charge < -0.3 is 0 Å². The van der Waals surface area contributed by atoms with Crippen LogP contribution in [0.15, 0.2) is 20.0 Å². The van der Waals surface area contributed by atoms with Crippen LogP contribution in [-0.2, 0) is 19.2 Å². The van der Waals surface area contributed by atoms with Gasteiger partial charge in [0.2, 0.25) is 24.3 Å². The van der Waals surface area contributed by atoms with Crippen LogP contribution < -0.4 is 0 Å². The smallest absolute Gasteiger partial charge is 0.211 e. The lowest BCUT2D eigenvalue weighted by atomic mass is 10.1. The molecule has 0 heterocycles. The second-order valence-corrected chi connectivity index (χ2v) is 5.97. The molecule has 1 atom stereocenters. The Morgan fingerprint density at radius 2 is 1.11 bits per heavy atom. The van der Waals surface area contributed by atoms with Gasteiger partial charge in [0.05, 0.1) is 26.2 Å². The average molecular weight is 394 g/mol. The second-order valence-electron chi connectivity index (χ2n) is 5.97. The fourth-order valence-electron chi connectivity index (χ4n) is 1.57. The summed E-state index contributed by atoms with van der Waals surface area (Å²) in [6, 6.07) is 0. The number of isocyanates is 4. The van der Waals surface area contributed by atoms with Crippen molar-refractivity contribution in [2.75, 3.05) is 26.2 Å². The zero-order valence-corrected chi connectivity index (χ0v) is 17.6. The van der Waals surface area contributed by atoms with Crippen LogP contribution in [-0.4, -0.2) is 50.5 Å². The van der Waals surface area contributed by atoms with E-state index in [-0.39, 0.29) is 0 Å². The van der Waals surface area contributed by atoms with Crippen LogP contribution in [0.3, 0.4) is 0 Å². The molecule has 1 unspecified atom stereocenters. The molecule has 0 N–H and O–H groups in total. The highest BCUT2D eigenvalue weighted by atomic mass is 16.1. The van der Waals surface area contributed by atoms with Crippen molar-refractivity contribution in [2.24, 2.45) is 25.9 Å². The maximum Gasteiger partial charge on any atom is 0.234 e. The summed E-state index contributed by atoms with van der Waals surface area (Å²) in [5.41, 5.74) is 0. The van der Waals surface area contributed by atoms with Gasteiger partial charge in [0.1, 0.15) is 0 Å². The summed E-state index contributed by atoms with van der Waals surface area (Å²) in [6.07, 6.45) is 11.6. The van der Waals surface area contributed by atoms with Gasteiger partial charge in [0.25, 0.3) is 0 Å². The Labute approximate surface area is 168 Å². The highest BCUT2D eigenvalue weighted by Crippen LogP contribution is 2.06. The average Bonchev–Trinajstić information content (AvgIpc) is 2.72. The number of carbonyl (C=O) groups excluding carboxylic acids is 4. The molecule has 0 aromatic rings. The third-order valence-corrected chi connectivity index (χ3v) is 3.62. The van der Waals surface area contributed by atoms with Gasteiger partial charge in [-0.15, -0.1) is 0 Å². The predicted molar refractivity (Wildman–Crippen MR) is 109 cm³/mol. The van der Waals surface area contributed by atoms with E-state index in [9.17, 15) is 19.2 Å². The van der Waals surface area contributed by atoms with E-state index in [0.717, 1.165) is 25.7 Å². The zero-order valence-electron chi connectivity index (χ0n) is 17.6. The molecule has 0 aromatic heterocycles. The molecule has 1 radical (unpaired) electrons. The first kappa shape index (κ1) is 30.3. The van der Waals surface area contributed by atoms with E-state index in [4.69, 9.17) is 0 Å². The van der Waals surface area contributed by atoms with Crippen molar-refractivity contribution < 1.29 is 19.2 Å². The van der Waals surface area contributed by atoms with Crippen molar-refractivity contribution in [1.29, 1.82) is 0 Å². The number of rotatable bonds is 13. The van der Waals surface area contributed by atoms with Crippen LogP contribution in [0.5, 0.6) is 0 Å². The van der Waals surface area contributed by atoms with E-state index in [1.807, 2.05) is 6.92 Å². The largest absolute Gasteiger partial charge is 0.234 e. The fourth-order valence-corrected chi connectivity index (χ4v) is 1.57. The minimum atomic E-state index is 0.355. The maximum atomic E-state index is 9.72. The van der Waals surface area contributed by atoms with Gasteiger partial charge in [0, 0.05) is 0 Å². The van der Waals surface area contributed by atoms with Gasteiger partial charge in [-0.1, -0.05) is 40.5 Å². The number of hydrogen-bond donors (Lipinski definition) is 0. The predicted octanol–water partition coefficient (Wildman–Crippen LogP) is 3.91.